The van der Waals surface area contributed by atoms with E-state index in [1.165, 1.54) is 0 Å². The summed E-state index contributed by atoms with van der Waals surface area (Å²) in [5.41, 5.74) is 0. The van der Waals surface area contributed by atoms with E-state index in [1.54, 1.807) is 6.92 Å². The predicted octanol–water partition coefficient (Wildman–Crippen LogP) is 0.825. The second-order valence-electron chi connectivity index (χ2n) is 1.36. The molecule has 0 N–H and O–H groups in total. The van der Waals surface area contributed by atoms with E-state index in [1.807, 2.05) is 0 Å². The molecule has 0 radical (unpaired) electrons. The smallest absolute Gasteiger partial charge is 0.183 e. The van der Waals surface area contributed by atoms with Crippen LogP contribution < -0.4 is 0 Å². The fourth-order valence-corrected chi connectivity index (χ4v) is 0.526. The minimum atomic E-state index is -0.280. The summed E-state index contributed by atoms with van der Waals surface area (Å²) in [6.07, 6.45) is -0.280. The average Bonchev–Trinajstić information content (AvgIpc) is 2.12. The molecule has 1 rings (SSSR count). The van der Waals surface area contributed by atoms with Gasteiger partial charge in [-0.05, 0) is 0 Å². The minimum Gasteiger partial charge on any atom is -0.479 e. The lowest BCUT2D eigenvalue weighted by atomic mass is 10.5. The Bertz CT molecular complexity index is 111. The molecule has 0 aliphatic carbocycles. The minimum absolute atomic E-state index is 0.280. The van der Waals surface area contributed by atoms with Gasteiger partial charge in [0.25, 0.3) is 0 Å². The maximum atomic E-state index is 7.12. The number of nitrogens with zero attached hydrogens (tertiary/aromatic N) is 1. The fourth-order valence-electron chi connectivity index (χ4n) is 0.526. The highest BCUT2D eigenvalue weighted by Crippen LogP contribution is 1.95. The summed E-state index contributed by atoms with van der Waals surface area (Å²) >= 11 is 0. The van der Waals surface area contributed by atoms with Crippen molar-refractivity contribution in [2.75, 3.05) is 13.2 Å². The van der Waals surface area contributed by atoms with Gasteiger partial charge in [-0.3, -0.25) is 4.99 Å². The molecule has 1 unspecified atom stereocenters. The maximum absolute atomic E-state index is 7.12. The molecular weight excluding hydrogens is 90.1 g/mol. The summed E-state index contributed by atoms with van der Waals surface area (Å²) in [5.74, 6) is 0.588. The van der Waals surface area contributed by atoms with E-state index in [-0.39, 0.29) is 6.40 Å². The van der Waals surface area contributed by atoms with Crippen molar-refractivity contribution in [2.24, 2.45) is 4.99 Å². The van der Waals surface area contributed by atoms with E-state index >= 15 is 0 Å². The van der Waals surface area contributed by atoms with Crippen LogP contribution >= 0.6 is 0 Å². The molecule has 1 aliphatic heterocycles. The molecule has 0 aromatic heterocycles. The Kier molecular flexibility index (Phi) is 0.971. The number of ether oxygens (including phenoxy) is 1. The third-order valence-corrected chi connectivity index (χ3v) is 0.856. The molecule has 7 heavy (non-hydrogen) atoms. The molecule has 0 saturated carbocycles. The zero-order chi connectivity index (χ0) is 5.98. The third-order valence-electron chi connectivity index (χ3n) is 0.856. The van der Waals surface area contributed by atoms with Gasteiger partial charge in [0.05, 0.1) is 6.54 Å². The Morgan fingerprint density at radius 1 is 2.14 bits per heavy atom. The van der Waals surface area contributed by atoms with Crippen molar-refractivity contribution >= 4 is 5.90 Å². The van der Waals surface area contributed by atoms with E-state index < -0.39 is 0 Å². The summed E-state index contributed by atoms with van der Waals surface area (Å²) in [5, 5.41) is 0. The molecule has 40 valence electrons. The molecule has 2 heteroatoms. The van der Waals surface area contributed by atoms with Gasteiger partial charge in [0.1, 0.15) is 6.61 Å². The first-order valence-electron chi connectivity index (χ1n) is 2.98. The van der Waals surface area contributed by atoms with Crippen molar-refractivity contribution in [1.29, 1.82) is 0 Å². The molecule has 0 aromatic carbocycles. The first kappa shape index (κ1) is 3.47. The molecule has 0 spiro atoms. The Labute approximate surface area is 44.6 Å². The molecule has 1 atom stereocenters. The van der Waals surface area contributed by atoms with Gasteiger partial charge in [0.15, 0.2) is 5.90 Å². The molecule has 0 amide bonds. The van der Waals surface area contributed by atoms with Gasteiger partial charge in [-0.1, -0.05) is 6.92 Å². The molecule has 1 heterocycles. The topological polar surface area (TPSA) is 21.6 Å². The summed E-state index contributed by atoms with van der Waals surface area (Å²) in [6.45, 7) is 3.15. The monoisotopic (exact) mass is 100 g/mol. The third kappa shape index (κ3) is 0.918. The van der Waals surface area contributed by atoms with Crippen LogP contribution in [0.2, 0.25) is 0 Å². The fraction of sp³-hybridized carbons (Fsp3) is 0.800. The van der Waals surface area contributed by atoms with Crippen LogP contribution in [0.4, 0.5) is 0 Å². The van der Waals surface area contributed by atoms with Gasteiger partial charge in [-0.15, -0.1) is 0 Å². The van der Waals surface area contributed by atoms with E-state index in [9.17, 15) is 0 Å². The second kappa shape index (κ2) is 1.96. The summed E-state index contributed by atoms with van der Waals surface area (Å²) < 4.78 is 12.1. The highest BCUT2D eigenvalue weighted by molar-refractivity contribution is 5.76. The lowest BCUT2D eigenvalue weighted by Gasteiger charge is -1.91. The Balaban J connectivity index is 2.45. The summed E-state index contributed by atoms with van der Waals surface area (Å²) in [6, 6.07) is 0. The van der Waals surface area contributed by atoms with Crippen molar-refractivity contribution in [3.05, 3.63) is 0 Å². The van der Waals surface area contributed by atoms with Crippen molar-refractivity contribution in [3.63, 3.8) is 0 Å². The van der Waals surface area contributed by atoms with E-state index in [2.05, 4.69) is 4.99 Å². The number of hydrogen-bond donors (Lipinski definition) is 0. The number of hydrogen-bond acceptors (Lipinski definition) is 2. The standard InChI is InChI=1S/C5H9NO/c1-2-5-6-3-4-7-5/h2-4H2,1H3/i2D. The van der Waals surface area contributed by atoms with E-state index in [0.29, 0.717) is 12.5 Å². The largest absolute Gasteiger partial charge is 0.479 e. The van der Waals surface area contributed by atoms with Crippen LogP contribution in [0.3, 0.4) is 0 Å². The first-order valence-corrected chi connectivity index (χ1v) is 2.40. The predicted molar refractivity (Wildman–Crippen MR) is 28.5 cm³/mol. The van der Waals surface area contributed by atoms with Gasteiger partial charge < -0.3 is 4.74 Å². The second-order valence-corrected chi connectivity index (χ2v) is 1.36. The molecule has 0 aromatic rings. The van der Waals surface area contributed by atoms with Crippen LogP contribution in [-0.2, 0) is 4.74 Å². The van der Waals surface area contributed by atoms with Crippen LogP contribution in [0.25, 0.3) is 0 Å². The molecular formula is C5H9NO. The van der Waals surface area contributed by atoms with Crippen LogP contribution in [0, 0.1) is 0 Å². The highest BCUT2D eigenvalue weighted by Gasteiger charge is 2.01. The summed E-state index contributed by atoms with van der Waals surface area (Å²) in [4.78, 5) is 3.94. The SMILES string of the molecule is [2H]C(C)C1=NCCO1. The Morgan fingerprint density at radius 3 is 3.29 bits per heavy atom. The zero-order valence-corrected chi connectivity index (χ0v) is 4.35. The first-order chi connectivity index (χ1) is 3.80. The van der Waals surface area contributed by atoms with Crippen molar-refractivity contribution in [3.8, 4) is 0 Å². The van der Waals surface area contributed by atoms with E-state index in [0.717, 1.165) is 6.54 Å². The van der Waals surface area contributed by atoms with Crippen LogP contribution in [0.1, 0.15) is 14.7 Å². The molecule has 0 fully saturated rings. The lowest BCUT2D eigenvalue weighted by Crippen LogP contribution is -1.94. The summed E-state index contributed by atoms with van der Waals surface area (Å²) in [7, 11) is 0. The maximum Gasteiger partial charge on any atom is 0.183 e. The molecule has 0 saturated heterocycles. The number of rotatable bonds is 1. The lowest BCUT2D eigenvalue weighted by molar-refractivity contribution is 0.340. The Hall–Kier alpha value is -0.530. The molecule has 2 nitrogen and oxygen atoms in total. The molecule has 0 bridgehead atoms. The van der Waals surface area contributed by atoms with Gasteiger partial charge in [-0.25, -0.2) is 0 Å². The van der Waals surface area contributed by atoms with Crippen molar-refractivity contribution in [1.82, 2.24) is 0 Å². The van der Waals surface area contributed by atoms with Gasteiger partial charge in [0, 0.05) is 7.77 Å². The van der Waals surface area contributed by atoms with E-state index in [4.69, 9.17) is 6.11 Å². The van der Waals surface area contributed by atoms with Gasteiger partial charge in [0.2, 0.25) is 0 Å². The van der Waals surface area contributed by atoms with Crippen LogP contribution in [-0.4, -0.2) is 19.0 Å². The normalized spacial score (nSPS) is 25.3. The van der Waals surface area contributed by atoms with Crippen LogP contribution in [0.15, 0.2) is 4.99 Å². The quantitative estimate of drug-likeness (QED) is 0.478. The van der Waals surface area contributed by atoms with Crippen molar-refractivity contribution < 1.29 is 6.11 Å². The van der Waals surface area contributed by atoms with Crippen molar-refractivity contribution in [2.45, 2.75) is 13.3 Å². The van der Waals surface area contributed by atoms with Crippen LogP contribution in [0.5, 0.6) is 0 Å². The zero-order valence-electron chi connectivity index (χ0n) is 5.35. The number of aliphatic imine (C=N–C) groups is 1. The van der Waals surface area contributed by atoms with Gasteiger partial charge >= 0.3 is 0 Å². The van der Waals surface area contributed by atoms with Gasteiger partial charge in [-0.2, -0.15) is 0 Å². The highest BCUT2D eigenvalue weighted by atomic mass is 16.5. The Morgan fingerprint density at radius 2 is 3.00 bits per heavy atom. The molecule has 1 aliphatic rings. The average molecular weight is 100 g/mol.